The van der Waals surface area contributed by atoms with Crippen molar-refractivity contribution in [1.29, 1.82) is 0 Å². The average Bonchev–Trinajstić information content (AvgIpc) is 2.72. The molecule has 1 heterocycles. The Balaban J connectivity index is 1.48. The molecule has 0 fully saturated rings. The Hall–Kier alpha value is -3.55. The number of anilines is 2. The lowest BCUT2D eigenvalue weighted by Gasteiger charge is -2.23. The molecule has 2 aromatic carbocycles. The highest BCUT2D eigenvalue weighted by Crippen LogP contribution is 2.32. The summed E-state index contributed by atoms with van der Waals surface area (Å²) in [5, 5.41) is 5.54. The Morgan fingerprint density at radius 2 is 1.97 bits per heavy atom. The fraction of sp³-hybridized carbons (Fsp3) is 0.318. The van der Waals surface area contributed by atoms with Crippen LogP contribution in [0.4, 0.5) is 11.4 Å². The number of nitrogens with one attached hydrogen (secondary N) is 2. The Kier molecular flexibility index (Phi) is 6.56. The van der Waals surface area contributed by atoms with E-state index in [0.29, 0.717) is 47.2 Å². The number of carbonyl (C=O) groups is 3. The largest absolute Gasteiger partial charge is 0.493 e. The molecular formula is C22H24N2O6. The lowest BCUT2D eigenvalue weighted by Crippen LogP contribution is -2.34. The highest BCUT2D eigenvalue weighted by molar-refractivity contribution is 5.99. The molecule has 0 aromatic heterocycles. The molecule has 0 radical (unpaired) electrons. The first-order chi connectivity index (χ1) is 14.4. The van der Waals surface area contributed by atoms with Crippen LogP contribution in [0.25, 0.3) is 0 Å². The molecule has 0 aliphatic carbocycles. The third-order valence-corrected chi connectivity index (χ3v) is 4.57. The van der Waals surface area contributed by atoms with Crippen molar-refractivity contribution in [2.24, 2.45) is 0 Å². The standard InChI is InChI=1S/C22H24N2O6/c1-13(25)15-6-8-19(20(11-15)28-3)29-10-4-5-21(26)23-16-7-9-18-17(12-16)24-22(27)14(2)30-18/h6-9,11-12,14H,4-5,10H2,1-3H3,(H,23,26)(H,24,27). The van der Waals surface area contributed by atoms with Gasteiger partial charge in [-0.15, -0.1) is 0 Å². The van der Waals surface area contributed by atoms with E-state index >= 15 is 0 Å². The van der Waals surface area contributed by atoms with Gasteiger partial charge in [-0.2, -0.15) is 0 Å². The van der Waals surface area contributed by atoms with Crippen LogP contribution in [0.1, 0.15) is 37.0 Å². The fourth-order valence-corrected chi connectivity index (χ4v) is 2.93. The number of hydrogen-bond acceptors (Lipinski definition) is 6. The number of hydrogen-bond donors (Lipinski definition) is 2. The van der Waals surface area contributed by atoms with Crippen LogP contribution in [0.5, 0.6) is 17.2 Å². The van der Waals surface area contributed by atoms with Crippen LogP contribution in [-0.2, 0) is 9.59 Å². The van der Waals surface area contributed by atoms with Crippen LogP contribution < -0.4 is 24.8 Å². The normalized spacial score (nSPS) is 14.8. The van der Waals surface area contributed by atoms with E-state index in [0.717, 1.165) is 0 Å². The Morgan fingerprint density at radius 3 is 2.70 bits per heavy atom. The van der Waals surface area contributed by atoms with Gasteiger partial charge in [0.15, 0.2) is 23.4 Å². The molecule has 1 aliphatic heterocycles. The number of rotatable bonds is 8. The minimum Gasteiger partial charge on any atom is -0.493 e. The van der Waals surface area contributed by atoms with Crippen LogP contribution in [0, 0.1) is 0 Å². The van der Waals surface area contributed by atoms with E-state index in [4.69, 9.17) is 14.2 Å². The molecule has 1 unspecified atom stereocenters. The molecule has 8 heteroatoms. The molecule has 30 heavy (non-hydrogen) atoms. The molecule has 0 spiro atoms. The molecule has 1 aliphatic rings. The fourth-order valence-electron chi connectivity index (χ4n) is 2.93. The summed E-state index contributed by atoms with van der Waals surface area (Å²) in [5.41, 5.74) is 1.64. The first-order valence-electron chi connectivity index (χ1n) is 9.60. The lowest BCUT2D eigenvalue weighted by molar-refractivity contribution is -0.122. The van der Waals surface area contributed by atoms with E-state index in [9.17, 15) is 14.4 Å². The van der Waals surface area contributed by atoms with Gasteiger partial charge in [0.1, 0.15) is 5.75 Å². The van der Waals surface area contributed by atoms with Gasteiger partial charge in [-0.3, -0.25) is 14.4 Å². The van der Waals surface area contributed by atoms with Gasteiger partial charge in [0.25, 0.3) is 5.91 Å². The summed E-state index contributed by atoms with van der Waals surface area (Å²) in [5.74, 6) is 1.10. The van der Waals surface area contributed by atoms with Crippen LogP contribution in [-0.4, -0.2) is 37.4 Å². The molecule has 2 aromatic rings. The summed E-state index contributed by atoms with van der Waals surface area (Å²) < 4.78 is 16.4. The molecule has 1 atom stereocenters. The zero-order chi connectivity index (χ0) is 21.7. The second-order valence-corrected chi connectivity index (χ2v) is 6.88. The highest BCUT2D eigenvalue weighted by Gasteiger charge is 2.23. The zero-order valence-electron chi connectivity index (χ0n) is 17.1. The molecule has 158 valence electrons. The van der Waals surface area contributed by atoms with E-state index in [-0.39, 0.29) is 24.0 Å². The topological polar surface area (TPSA) is 103 Å². The van der Waals surface area contributed by atoms with Gasteiger partial charge >= 0.3 is 0 Å². The van der Waals surface area contributed by atoms with E-state index in [1.165, 1.54) is 14.0 Å². The molecule has 0 saturated carbocycles. The first kappa shape index (κ1) is 21.2. The quantitative estimate of drug-likeness (QED) is 0.509. The summed E-state index contributed by atoms with van der Waals surface area (Å²) in [6, 6.07) is 10.1. The highest BCUT2D eigenvalue weighted by atomic mass is 16.5. The minimum atomic E-state index is -0.546. The van der Waals surface area contributed by atoms with Crippen molar-refractivity contribution in [1.82, 2.24) is 0 Å². The van der Waals surface area contributed by atoms with Gasteiger partial charge in [0, 0.05) is 17.7 Å². The van der Waals surface area contributed by atoms with Crippen molar-refractivity contribution in [3.8, 4) is 17.2 Å². The molecule has 3 rings (SSSR count). The van der Waals surface area contributed by atoms with Gasteiger partial charge in [0.2, 0.25) is 5.91 Å². The third kappa shape index (κ3) is 5.08. The second-order valence-electron chi connectivity index (χ2n) is 6.88. The average molecular weight is 412 g/mol. The number of ether oxygens (including phenoxy) is 3. The number of fused-ring (bicyclic) bond motifs is 1. The number of benzene rings is 2. The molecular weight excluding hydrogens is 388 g/mol. The summed E-state index contributed by atoms with van der Waals surface area (Å²) in [4.78, 5) is 35.4. The van der Waals surface area contributed by atoms with E-state index in [2.05, 4.69) is 10.6 Å². The van der Waals surface area contributed by atoms with Gasteiger partial charge in [-0.1, -0.05) is 0 Å². The zero-order valence-corrected chi connectivity index (χ0v) is 17.1. The van der Waals surface area contributed by atoms with E-state index in [1.807, 2.05) is 0 Å². The molecule has 8 nitrogen and oxygen atoms in total. The number of amides is 2. The number of ketones is 1. The SMILES string of the molecule is COc1cc(C(C)=O)ccc1OCCCC(=O)Nc1ccc2c(c1)NC(=O)C(C)O2. The molecule has 0 bridgehead atoms. The maximum absolute atomic E-state index is 12.2. The number of Topliss-reactive ketones (excluding diaryl/α,β-unsaturated/α-hetero) is 1. The molecule has 2 amide bonds. The predicted octanol–water partition coefficient (Wildman–Crippen LogP) is 3.41. The smallest absolute Gasteiger partial charge is 0.265 e. The Bertz CT molecular complexity index is 972. The van der Waals surface area contributed by atoms with Crippen LogP contribution in [0.15, 0.2) is 36.4 Å². The lowest BCUT2D eigenvalue weighted by atomic mass is 10.1. The summed E-state index contributed by atoms with van der Waals surface area (Å²) in [6.07, 6.45) is 0.201. The minimum absolute atomic E-state index is 0.0562. The summed E-state index contributed by atoms with van der Waals surface area (Å²) in [7, 11) is 1.51. The Labute approximate surface area is 174 Å². The molecule has 2 N–H and O–H groups in total. The van der Waals surface area contributed by atoms with Gasteiger partial charge < -0.3 is 24.8 Å². The van der Waals surface area contributed by atoms with Crippen molar-refractivity contribution in [3.05, 3.63) is 42.0 Å². The summed E-state index contributed by atoms with van der Waals surface area (Å²) >= 11 is 0. The van der Waals surface area contributed by atoms with Crippen molar-refractivity contribution in [2.45, 2.75) is 32.8 Å². The summed E-state index contributed by atoms with van der Waals surface area (Å²) in [6.45, 7) is 3.47. The van der Waals surface area contributed by atoms with Crippen molar-refractivity contribution < 1.29 is 28.6 Å². The first-order valence-corrected chi connectivity index (χ1v) is 9.60. The maximum Gasteiger partial charge on any atom is 0.265 e. The van der Waals surface area contributed by atoms with E-state index in [1.54, 1.807) is 43.3 Å². The third-order valence-electron chi connectivity index (χ3n) is 4.57. The predicted molar refractivity (Wildman–Crippen MR) is 112 cm³/mol. The van der Waals surface area contributed by atoms with Crippen LogP contribution in [0.3, 0.4) is 0 Å². The van der Waals surface area contributed by atoms with Crippen LogP contribution >= 0.6 is 0 Å². The monoisotopic (exact) mass is 412 g/mol. The van der Waals surface area contributed by atoms with Crippen molar-refractivity contribution in [3.63, 3.8) is 0 Å². The van der Waals surface area contributed by atoms with Crippen molar-refractivity contribution in [2.75, 3.05) is 24.4 Å². The van der Waals surface area contributed by atoms with Gasteiger partial charge in [0.05, 0.1) is 19.4 Å². The second kappa shape index (κ2) is 9.30. The molecule has 0 saturated heterocycles. The van der Waals surface area contributed by atoms with Gasteiger partial charge in [-0.25, -0.2) is 0 Å². The number of methoxy groups -OCH3 is 1. The van der Waals surface area contributed by atoms with Crippen molar-refractivity contribution >= 4 is 29.0 Å². The van der Waals surface area contributed by atoms with Crippen LogP contribution in [0.2, 0.25) is 0 Å². The number of carbonyl (C=O) groups excluding carboxylic acids is 3. The Morgan fingerprint density at radius 1 is 1.17 bits per heavy atom. The maximum atomic E-state index is 12.2. The van der Waals surface area contributed by atoms with E-state index < -0.39 is 6.10 Å². The van der Waals surface area contributed by atoms with Gasteiger partial charge in [-0.05, 0) is 56.7 Å².